The van der Waals surface area contributed by atoms with E-state index in [-0.39, 0.29) is 10.8 Å². The smallest absolute Gasteiger partial charge is 0.232 e. The van der Waals surface area contributed by atoms with Crippen molar-refractivity contribution in [2.75, 3.05) is 26.0 Å². The molecule has 1 aromatic heterocycles. The molecule has 2 rings (SSSR count). The van der Waals surface area contributed by atoms with Crippen molar-refractivity contribution in [2.45, 2.75) is 24.2 Å². The molecule has 1 unspecified atom stereocenters. The van der Waals surface area contributed by atoms with E-state index in [1.165, 1.54) is 25.2 Å². The summed E-state index contributed by atoms with van der Waals surface area (Å²) < 4.78 is 28.7. The monoisotopic (exact) mass is 284 g/mol. The number of nitrogens with zero attached hydrogens (tertiary/aromatic N) is 1. The van der Waals surface area contributed by atoms with E-state index >= 15 is 0 Å². The van der Waals surface area contributed by atoms with Gasteiger partial charge in [-0.15, -0.1) is 0 Å². The Morgan fingerprint density at radius 2 is 2.37 bits per heavy atom. The summed E-state index contributed by atoms with van der Waals surface area (Å²) in [5.41, 5.74) is 0. The third-order valence-electron chi connectivity index (χ3n) is 3.30. The quantitative estimate of drug-likeness (QED) is 0.881. The second kappa shape index (κ2) is 6.34. The molecule has 19 heavy (non-hydrogen) atoms. The van der Waals surface area contributed by atoms with Crippen LogP contribution in [0.25, 0.3) is 0 Å². The van der Waals surface area contributed by atoms with Crippen LogP contribution in [-0.2, 0) is 9.84 Å². The van der Waals surface area contributed by atoms with Crippen molar-refractivity contribution in [1.82, 2.24) is 10.3 Å². The third-order valence-corrected chi connectivity index (χ3v) is 4.41. The molecule has 1 fully saturated rings. The molecule has 1 saturated heterocycles. The molecule has 1 aliphatic heterocycles. The van der Waals surface area contributed by atoms with Gasteiger partial charge in [-0.25, -0.2) is 13.4 Å². The van der Waals surface area contributed by atoms with Crippen LogP contribution < -0.4 is 10.1 Å². The molecule has 1 aromatic rings. The minimum Gasteiger partial charge on any atom is -0.477 e. The first-order valence-corrected chi connectivity index (χ1v) is 8.45. The van der Waals surface area contributed by atoms with Crippen LogP contribution in [0.3, 0.4) is 0 Å². The summed E-state index contributed by atoms with van der Waals surface area (Å²) in [4.78, 5) is 4.17. The number of aromatic nitrogens is 1. The second-order valence-corrected chi connectivity index (χ2v) is 6.91. The van der Waals surface area contributed by atoms with Crippen LogP contribution in [0.1, 0.15) is 19.3 Å². The molecule has 2 heterocycles. The van der Waals surface area contributed by atoms with Gasteiger partial charge in [-0.1, -0.05) is 0 Å². The number of rotatable bonds is 5. The van der Waals surface area contributed by atoms with Crippen molar-refractivity contribution in [2.24, 2.45) is 5.92 Å². The maximum atomic E-state index is 11.6. The number of pyridine rings is 1. The Hall–Kier alpha value is -1.14. The SMILES string of the molecule is CS(=O)(=O)c1cccnc1OCCC1CCCNC1. The number of ether oxygens (including phenoxy) is 1. The fourth-order valence-corrected chi connectivity index (χ4v) is 3.01. The van der Waals surface area contributed by atoms with Crippen molar-refractivity contribution >= 4 is 9.84 Å². The molecule has 6 heteroatoms. The van der Waals surface area contributed by atoms with Crippen molar-refractivity contribution < 1.29 is 13.2 Å². The Bertz CT molecular complexity index is 510. The Morgan fingerprint density at radius 1 is 1.53 bits per heavy atom. The summed E-state index contributed by atoms with van der Waals surface area (Å²) in [6.45, 7) is 2.62. The minimum atomic E-state index is -3.29. The fraction of sp³-hybridized carbons (Fsp3) is 0.615. The molecule has 1 atom stereocenters. The molecule has 0 spiro atoms. The van der Waals surface area contributed by atoms with E-state index in [0.29, 0.717) is 12.5 Å². The molecule has 0 bridgehead atoms. The van der Waals surface area contributed by atoms with Gasteiger partial charge in [0.15, 0.2) is 9.84 Å². The van der Waals surface area contributed by atoms with E-state index in [1.54, 1.807) is 12.3 Å². The summed E-state index contributed by atoms with van der Waals surface area (Å²) in [6, 6.07) is 3.13. The van der Waals surface area contributed by atoms with Gasteiger partial charge in [0.1, 0.15) is 4.90 Å². The number of sulfone groups is 1. The van der Waals surface area contributed by atoms with Crippen LogP contribution in [0.4, 0.5) is 0 Å². The lowest BCUT2D eigenvalue weighted by molar-refractivity contribution is 0.242. The van der Waals surface area contributed by atoms with Crippen LogP contribution in [0.5, 0.6) is 5.88 Å². The molecule has 0 aliphatic carbocycles. The lowest BCUT2D eigenvalue weighted by atomic mass is 9.97. The first-order valence-electron chi connectivity index (χ1n) is 6.56. The molecule has 1 N–H and O–H groups in total. The van der Waals surface area contributed by atoms with Crippen molar-refractivity contribution in [3.8, 4) is 5.88 Å². The van der Waals surface area contributed by atoms with Gasteiger partial charge in [-0.3, -0.25) is 0 Å². The van der Waals surface area contributed by atoms with Crippen LogP contribution in [0.15, 0.2) is 23.2 Å². The number of hydrogen-bond donors (Lipinski definition) is 1. The van der Waals surface area contributed by atoms with Crippen LogP contribution >= 0.6 is 0 Å². The molecule has 0 radical (unpaired) electrons. The highest BCUT2D eigenvalue weighted by Crippen LogP contribution is 2.21. The molecule has 0 saturated carbocycles. The maximum Gasteiger partial charge on any atom is 0.232 e. The Balaban J connectivity index is 1.92. The third kappa shape index (κ3) is 4.18. The highest BCUT2D eigenvalue weighted by molar-refractivity contribution is 7.90. The summed E-state index contributed by atoms with van der Waals surface area (Å²) >= 11 is 0. The molecule has 0 aromatic carbocycles. The average molecular weight is 284 g/mol. The van der Waals surface area contributed by atoms with Crippen LogP contribution in [0.2, 0.25) is 0 Å². The zero-order valence-electron chi connectivity index (χ0n) is 11.1. The first-order chi connectivity index (χ1) is 9.07. The summed E-state index contributed by atoms with van der Waals surface area (Å²) in [7, 11) is -3.29. The normalized spacial score (nSPS) is 20.2. The van der Waals surface area contributed by atoms with Gasteiger partial charge in [0.05, 0.1) is 6.61 Å². The highest BCUT2D eigenvalue weighted by atomic mass is 32.2. The van der Waals surface area contributed by atoms with Crippen molar-refractivity contribution in [3.05, 3.63) is 18.3 Å². The van der Waals surface area contributed by atoms with Gasteiger partial charge >= 0.3 is 0 Å². The summed E-state index contributed by atoms with van der Waals surface area (Å²) in [5.74, 6) is 0.827. The van der Waals surface area contributed by atoms with Crippen molar-refractivity contribution in [1.29, 1.82) is 0 Å². The second-order valence-electron chi connectivity index (χ2n) is 4.93. The van der Waals surface area contributed by atoms with E-state index in [9.17, 15) is 8.42 Å². The summed E-state index contributed by atoms with van der Waals surface area (Å²) in [6.07, 6.45) is 6.04. The van der Waals surface area contributed by atoms with Gasteiger partial charge in [-0.2, -0.15) is 0 Å². The van der Waals surface area contributed by atoms with Crippen molar-refractivity contribution in [3.63, 3.8) is 0 Å². The topological polar surface area (TPSA) is 68.3 Å². The van der Waals surface area contributed by atoms with Crippen LogP contribution in [0, 0.1) is 5.92 Å². The Morgan fingerprint density at radius 3 is 3.05 bits per heavy atom. The first kappa shape index (κ1) is 14.3. The van der Waals surface area contributed by atoms with E-state index in [2.05, 4.69) is 10.3 Å². The number of hydrogen-bond acceptors (Lipinski definition) is 5. The van der Waals surface area contributed by atoms with Crippen LogP contribution in [-0.4, -0.2) is 39.4 Å². The summed E-state index contributed by atoms with van der Waals surface area (Å²) in [5, 5.41) is 3.35. The zero-order chi connectivity index (χ0) is 13.7. The molecule has 1 aliphatic rings. The maximum absolute atomic E-state index is 11.6. The predicted molar refractivity (Wildman–Crippen MR) is 73.1 cm³/mol. The van der Waals surface area contributed by atoms with Gasteiger partial charge < -0.3 is 10.1 Å². The molecular formula is C13H20N2O3S. The lowest BCUT2D eigenvalue weighted by Crippen LogP contribution is -2.30. The largest absolute Gasteiger partial charge is 0.477 e. The van der Waals surface area contributed by atoms with E-state index in [1.807, 2.05) is 0 Å². The van der Waals surface area contributed by atoms with E-state index in [4.69, 9.17) is 4.74 Å². The van der Waals surface area contributed by atoms with Gasteiger partial charge in [0.2, 0.25) is 5.88 Å². The minimum absolute atomic E-state index is 0.164. The Labute approximate surface area is 114 Å². The van der Waals surface area contributed by atoms with E-state index in [0.717, 1.165) is 19.5 Å². The highest BCUT2D eigenvalue weighted by Gasteiger charge is 2.17. The lowest BCUT2D eigenvalue weighted by Gasteiger charge is -2.22. The van der Waals surface area contributed by atoms with Gasteiger partial charge in [0.25, 0.3) is 0 Å². The number of nitrogens with one attached hydrogen (secondary N) is 1. The molecule has 5 nitrogen and oxygen atoms in total. The fourth-order valence-electron chi connectivity index (χ4n) is 2.26. The number of piperidine rings is 1. The zero-order valence-corrected chi connectivity index (χ0v) is 11.9. The molecule has 0 amide bonds. The molecular weight excluding hydrogens is 264 g/mol. The van der Waals surface area contributed by atoms with Gasteiger partial charge in [0, 0.05) is 12.5 Å². The standard InChI is InChI=1S/C13H20N2O3S/c1-19(16,17)12-5-3-8-15-13(12)18-9-6-11-4-2-7-14-10-11/h3,5,8,11,14H,2,4,6-7,9-10H2,1H3. The predicted octanol–water partition coefficient (Wildman–Crippen LogP) is 1.25. The van der Waals surface area contributed by atoms with E-state index < -0.39 is 9.84 Å². The van der Waals surface area contributed by atoms with Gasteiger partial charge in [-0.05, 0) is 50.4 Å². The average Bonchev–Trinajstić information content (AvgIpc) is 2.39. The molecule has 106 valence electrons. The Kier molecular flexibility index (Phi) is 4.76.